The van der Waals surface area contributed by atoms with Gasteiger partial charge in [0.15, 0.2) is 0 Å². The van der Waals surface area contributed by atoms with Gasteiger partial charge in [0.05, 0.1) is 13.7 Å². The molecule has 0 aliphatic carbocycles. The first-order valence-electron chi connectivity index (χ1n) is 5.24. The van der Waals surface area contributed by atoms with Crippen molar-refractivity contribution in [2.24, 2.45) is 0 Å². The SMILES string of the molecule is COC(=O)C1CCN1C1CCCOC1. The van der Waals surface area contributed by atoms with Crippen molar-refractivity contribution in [3.05, 3.63) is 0 Å². The predicted octanol–water partition coefficient (Wildman–Crippen LogP) is 0.413. The van der Waals surface area contributed by atoms with Gasteiger partial charge in [0.25, 0.3) is 0 Å². The Morgan fingerprint density at radius 3 is 2.86 bits per heavy atom. The first-order chi connectivity index (χ1) is 6.83. The predicted molar refractivity (Wildman–Crippen MR) is 51.0 cm³/mol. The third-order valence-electron chi connectivity index (χ3n) is 3.14. The maximum atomic E-state index is 11.3. The highest BCUT2D eigenvalue weighted by atomic mass is 16.5. The number of ether oxygens (including phenoxy) is 2. The van der Waals surface area contributed by atoms with Crippen LogP contribution in [0.5, 0.6) is 0 Å². The summed E-state index contributed by atoms with van der Waals surface area (Å²) in [7, 11) is 1.45. The Kier molecular flexibility index (Phi) is 3.03. The van der Waals surface area contributed by atoms with Crippen molar-refractivity contribution >= 4 is 5.97 Å². The smallest absolute Gasteiger partial charge is 0.323 e. The van der Waals surface area contributed by atoms with E-state index < -0.39 is 0 Å². The highest BCUT2D eigenvalue weighted by Gasteiger charge is 2.39. The van der Waals surface area contributed by atoms with E-state index in [0.717, 1.165) is 39.0 Å². The van der Waals surface area contributed by atoms with Crippen LogP contribution in [0, 0.1) is 0 Å². The van der Waals surface area contributed by atoms with Crippen molar-refractivity contribution in [1.82, 2.24) is 4.90 Å². The van der Waals surface area contributed by atoms with E-state index >= 15 is 0 Å². The highest BCUT2D eigenvalue weighted by molar-refractivity contribution is 5.76. The summed E-state index contributed by atoms with van der Waals surface area (Å²) >= 11 is 0. The molecule has 14 heavy (non-hydrogen) atoms. The second kappa shape index (κ2) is 4.28. The standard InChI is InChI=1S/C10H17NO3/c1-13-10(12)9-4-5-11(9)8-3-2-6-14-7-8/h8-9H,2-7H2,1H3. The minimum absolute atomic E-state index is 0.00769. The van der Waals surface area contributed by atoms with Gasteiger partial charge >= 0.3 is 5.97 Å². The molecule has 4 nitrogen and oxygen atoms in total. The van der Waals surface area contributed by atoms with Crippen molar-refractivity contribution in [2.75, 3.05) is 26.9 Å². The van der Waals surface area contributed by atoms with Crippen LogP contribution in [-0.2, 0) is 14.3 Å². The summed E-state index contributed by atoms with van der Waals surface area (Å²) < 4.78 is 10.2. The van der Waals surface area contributed by atoms with Gasteiger partial charge < -0.3 is 9.47 Å². The average Bonchev–Trinajstić information content (AvgIpc) is 2.17. The largest absolute Gasteiger partial charge is 0.468 e. The molecule has 0 aromatic rings. The Morgan fingerprint density at radius 2 is 2.36 bits per heavy atom. The van der Waals surface area contributed by atoms with Crippen LogP contribution in [0.4, 0.5) is 0 Å². The number of carbonyl (C=O) groups excluding carboxylic acids is 1. The van der Waals surface area contributed by atoms with Gasteiger partial charge in [0, 0.05) is 19.2 Å². The Balaban J connectivity index is 1.88. The number of carbonyl (C=O) groups is 1. The number of methoxy groups -OCH3 is 1. The third kappa shape index (κ3) is 1.77. The van der Waals surface area contributed by atoms with E-state index in [2.05, 4.69) is 4.90 Å². The van der Waals surface area contributed by atoms with Gasteiger partial charge in [-0.1, -0.05) is 0 Å². The fourth-order valence-corrected chi connectivity index (χ4v) is 2.22. The first-order valence-corrected chi connectivity index (χ1v) is 5.24. The third-order valence-corrected chi connectivity index (χ3v) is 3.14. The summed E-state index contributed by atoms with van der Waals surface area (Å²) in [5.74, 6) is -0.0955. The molecule has 0 N–H and O–H groups in total. The molecule has 0 aromatic heterocycles. The quantitative estimate of drug-likeness (QED) is 0.604. The van der Waals surface area contributed by atoms with E-state index in [1.807, 2.05) is 0 Å². The molecule has 0 radical (unpaired) electrons. The van der Waals surface area contributed by atoms with E-state index in [1.165, 1.54) is 7.11 Å². The Labute approximate surface area is 84.2 Å². The zero-order valence-corrected chi connectivity index (χ0v) is 8.57. The van der Waals surface area contributed by atoms with Crippen molar-refractivity contribution in [3.63, 3.8) is 0 Å². The maximum Gasteiger partial charge on any atom is 0.323 e. The fourth-order valence-electron chi connectivity index (χ4n) is 2.22. The van der Waals surface area contributed by atoms with Gasteiger partial charge in [-0.25, -0.2) is 0 Å². The molecule has 2 heterocycles. The molecule has 0 amide bonds. The lowest BCUT2D eigenvalue weighted by Gasteiger charge is -2.45. The van der Waals surface area contributed by atoms with Crippen LogP contribution in [-0.4, -0.2) is 49.8 Å². The number of nitrogens with zero attached hydrogens (tertiary/aromatic N) is 1. The molecule has 2 unspecified atom stereocenters. The van der Waals surface area contributed by atoms with E-state index in [0.29, 0.717) is 6.04 Å². The van der Waals surface area contributed by atoms with Gasteiger partial charge in [0.2, 0.25) is 0 Å². The Bertz CT molecular complexity index is 213. The number of esters is 1. The molecule has 0 saturated carbocycles. The van der Waals surface area contributed by atoms with Crippen LogP contribution >= 0.6 is 0 Å². The van der Waals surface area contributed by atoms with Crippen LogP contribution in [0.3, 0.4) is 0 Å². The molecule has 2 fully saturated rings. The number of hydrogen-bond donors (Lipinski definition) is 0. The topological polar surface area (TPSA) is 38.8 Å². The molecule has 2 rings (SSSR count). The van der Waals surface area contributed by atoms with Crippen LogP contribution in [0.1, 0.15) is 19.3 Å². The van der Waals surface area contributed by atoms with Crippen molar-refractivity contribution in [2.45, 2.75) is 31.3 Å². The van der Waals surface area contributed by atoms with Gasteiger partial charge in [-0.2, -0.15) is 0 Å². The van der Waals surface area contributed by atoms with Gasteiger partial charge in [-0.15, -0.1) is 0 Å². The highest BCUT2D eigenvalue weighted by Crippen LogP contribution is 2.25. The summed E-state index contributed by atoms with van der Waals surface area (Å²) in [4.78, 5) is 13.6. The van der Waals surface area contributed by atoms with E-state index in [9.17, 15) is 4.79 Å². The lowest BCUT2D eigenvalue weighted by Crippen LogP contribution is -2.59. The van der Waals surface area contributed by atoms with Crippen molar-refractivity contribution in [1.29, 1.82) is 0 Å². The second-order valence-electron chi connectivity index (χ2n) is 3.94. The Hall–Kier alpha value is -0.610. The van der Waals surface area contributed by atoms with E-state index in [4.69, 9.17) is 9.47 Å². The molecule has 0 spiro atoms. The van der Waals surface area contributed by atoms with E-state index in [1.54, 1.807) is 0 Å². The van der Waals surface area contributed by atoms with Gasteiger partial charge in [0.1, 0.15) is 6.04 Å². The normalized spacial score (nSPS) is 33.5. The van der Waals surface area contributed by atoms with Crippen LogP contribution in [0.15, 0.2) is 0 Å². The average molecular weight is 199 g/mol. The van der Waals surface area contributed by atoms with E-state index in [-0.39, 0.29) is 12.0 Å². The Morgan fingerprint density at radius 1 is 1.50 bits per heavy atom. The molecule has 0 bridgehead atoms. The lowest BCUT2D eigenvalue weighted by molar-refractivity contribution is -0.156. The summed E-state index contributed by atoms with van der Waals surface area (Å²) in [6.07, 6.45) is 3.19. The van der Waals surface area contributed by atoms with Crippen LogP contribution in [0.2, 0.25) is 0 Å². The summed E-state index contributed by atoms with van der Waals surface area (Å²) in [6.45, 7) is 2.65. The molecule has 4 heteroatoms. The number of likely N-dealkylation sites (tertiary alicyclic amines) is 1. The van der Waals surface area contributed by atoms with Gasteiger partial charge in [-0.05, 0) is 19.3 Å². The minimum Gasteiger partial charge on any atom is -0.468 e. The molecule has 2 aliphatic heterocycles. The lowest BCUT2D eigenvalue weighted by atomic mass is 9.97. The minimum atomic E-state index is -0.0955. The number of rotatable bonds is 2. The molecule has 0 aromatic carbocycles. The maximum absolute atomic E-state index is 11.3. The summed E-state index contributed by atoms with van der Waals surface area (Å²) in [5, 5.41) is 0. The van der Waals surface area contributed by atoms with Crippen molar-refractivity contribution < 1.29 is 14.3 Å². The monoisotopic (exact) mass is 199 g/mol. The molecule has 80 valence electrons. The fraction of sp³-hybridized carbons (Fsp3) is 0.900. The molecule has 2 aliphatic rings. The van der Waals surface area contributed by atoms with Crippen LogP contribution < -0.4 is 0 Å². The number of hydrogen-bond acceptors (Lipinski definition) is 4. The van der Waals surface area contributed by atoms with Crippen LogP contribution in [0.25, 0.3) is 0 Å². The molecule has 2 saturated heterocycles. The molecular weight excluding hydrogens is 182 g/mol. The zero-order chi connectivity index (χ0) is 9.97. The summed E-state index contributed by atoms with van der Waals surface area (Å²) in [5.41, 5.74) is 0. The first kappa shape index (κ1) is 9.93. The molecular formula is C10H17NO3. The summed E-state index contributed by atoms with van der Waals surface area (Å²) in [6, 6.07) is 0.424. The second-order valence-corrected chi connectivity index (χ2v) is 3.94. The van der Waals surface area contributed by atoms with Gasteiger partial charge in [-0.3, -0.25) is 9.69 Å². The molecule has 2 atom stereocenters. The van der Waals surface area contributed by atoms with Crippen molar-refractivity contribution in [3.8, 4) is 0 Å². The zero-order valence-electron chi connectivity index (χ0n) is 8.57.